The van der Waals surface area contributed by atoms with Gasteiger partial charge < -0.3 is 9.32 Å². The van der Waals surface area contributed by atoms with E-state index in [2.05, 4.69) is 28.2 Å². The third-order valence-electron chi connectivity index (χ3n) is 5.66. The molecule has 2 aliphatic rings. The number of likely N-dealkylation sites (N-methyl/N-ethyl adjacent to an activating group) is 1. The third kappa shape index (κ3) is 3.15. The fourth-order valence-electron chi connectivity index (χ4n) is 4.15. The molecular weight excluding hydrogens is 326 g/mol. The molecular formula is C20H27N5O+2. The minimum atomic E-state index is 0.642. The highest BCUT2D eigenvalue weighted by Crippen LogP contribution is 2.29. The van der Waals surface area contributed by atoms with Gasteiger partial charge in [0.05, 0.1) is 38.0 Å². The number of aromatic amines is 1. The van der Waals surface area contributed by atoms with Gasteiger partial charge in [0, 0.05) is 6.42 Å². The van der Waals surface area contributed by atoms with Crippen LogP contribution in [0.4, 0.5) is 11.6 Å². The molecule has 0 saturated carbocycles. The summed E-state index contributed by atoms with van der Waals surface area (Å²) in [5.41, 5.74) is 3.34. The molecule has 1 unspecified atom stereocenters. The van der Waals surface area contributed by atoms with E-state index < -0.39 is 0 Å². The molecule has 136 valence electrons. The SMILES string of the molecule is CC[NH+]1CCc2c(C#N)c(N3CCCC3)[nH+]c(NCc3ccco3)c2C1. The zero-order valence-corrected chi connectivity index (χ0v) is 15.4. The van der Waals surface area contributed by atoms with Gasteiger partial charge in [0.25, 0.3) is 0 Å². The van der Waals surface area contributed by atoms with Crippen molar-refractivity contribution in [3.63, 3.8) is 0 Å². The normalized spacial score (nSPS) is 19.2. The first-order chi connectivity index (χ1) is 12.8. The number of fused-ring (bicyclic) bond motifs is 1. The van der Waals surface area contributed by atoms with Crippen LogP contribution in [-0.4, -0.2) is 26.2 Å². The first-order valence-corrected chi connectivity index (χ1v) is 9.66. The summed E-state index contributed by atoms with van der Waals surface area (Å²) in [6.45, 7) is 8.07. The van der Waals surface area contributed by atoms with Gasteiger partial charge in [0.1, 0.15) is 30.5 Å². The highest BCUT2D eigenvalue weighted by atomic mass is 16.3. The maximum Gasteiger partial charge on any atom is 0.240 e. The van der Waals surface area contributed by atoms with Crippen LogP contribution in [-0.2, 0) is 19.5 Å². The molecule has 3 N–H and O–H groups in total. The molecule has 0 aromatic carbocycles. The molecule has 6 heteroatoms. The molecule has 0 bridgehead atoms. The minimum Gasteiger partial charge on any atom is -0.466 e. The summed E-state index contributed by atoms with van der Waals surface area (Å²) in [6.07, 6.45) is 5.05. The molecule has 0 aliphatic carbocycles. The molecule has 0 radical (unpaired) electrons. The van der Waals surface area contributed by atoms with Crippen LogP contribution in [0, 0.1) is 11.3 Å². The maximum atomic E-state index is 9.89. The Balaban J connectivity index is 1.74. The number of hydrogen-bond acceptors (Lipinski definition) is 4. The number of nitriles is 1. The van der Waals surface area contributed by atoms with E-state index in [9.17, 15) is 5.26 Å². The largest absolute Gasteiger partial charge is 0.466 e. The van der Waals surface area contributed by atoms with Crippen LogP contribution in [0.15, 0.2) is 22.8 Å². The Labute approximate surface area is 154 Å². The number of nitrogens with zero attached hydrogens (tertiary/aromatic N) is 2. The number of furan rings is 1. The predicted molar refractivity (Wildman–Crippen MR) is 99.0 cm³/mol. The topological polar surface area (TPSA) is 70.8 Å². The summed E-state index contributed by atoms with van der Waals surface area (Å²) in [6, 6.07) is 6.39. The van der Waals surface area contributed by atoms with Crippen molar-refractivity contribution >= 4 is 11.6 Å². The molecule has 0 amide bonds. The number of rotatable bonds is 5. The minimum absolute atomic E-state index is 0.642. The van der Waals surface area contributed by atoms with E-state index in [-0.39, 0.29) is 0 Å². The zero-order chi connectivity index (χ0) is 17.9. The molecule has 1 saturated heterocycles. The monoisotopic (exact) mass is 353 g/mol. The van der Waals surface area contributed by atoms with E-state index >= 15 is 0 Å². The van der Waals surface area contributed by atoms with Gasteiger partial charge in [-0.25, -0.2) is 4.98 Å². The fourth-order valence-corrected chi connectivity index (χ4v) is 4.15. The summed E-state index contributed by atoms with van der Waals surface area (Å²) in [5, 5.41) is 13.4. The van der Waals surface area contributed by atoms with E-state index in [0.717, 1.165) is 62.1 Å². The van der Waals surface area contributed by atoms with Crippen LogP contribution in [0.25, 0.3) is 0 Å². The van der Waals surface area contributed by atoms with Crippen molar-refractivity contribution in [3.05, 3.63) is 40.8 Å². The van der Waals surface area contributed by atoms with E-state index in [1.165, 1.54) is 24.0 Å². The first kappa shape index (κ1) is 16.9. The van der Waals surface area contributed by atoms with Gasteiger partial charge in [-0.2, -0.15) is 5.26 Å². The highest BCUT2D eigenvalue weighted by Gasteiger charge is 2.32. The molecule has 2 aliphatic heterocycles. The van der Waals surface area contributed by atoms with Crippen molar-refractivity contribution in [1.82, 2.24) is 0 Å². The van der Waals surface area contributed by atoms with Crippen molar-refractivity contribution in [2.75, 3.05) is 36.4 Å². The van der Waals surface area contributed by atoms with Crippen molar-refractivity contribution in [3.8, 4) is 6.07 Å². The summed E-state index contributed by atoms with van der Waals surface area (Å²) in [5.74, 6) is 2.95. The van der Waals surface area contributed by atoms with Crippen LogP contribution < -0.4 is 20.1 Å². The van der Waals surface area contributed by atoms with Gasteiger partial charge in [-0.3, -0.25) is 10.2 Å². The number of hydrogen-bond donors (Lipinski definition) is 2. The molecule has 4 heterocycles. The lowest BCUT2D eigenvalue weighted by atomic mass is 9.95. The average molecular weight is 353 g/mol. The van der Waals surface area contributed by atoms with Gasteiger partial charge in [0.2, 0.25) is 11.6 Å². The molecule has 2 aromatic rings. The second-order valence-corrected chi connectivity index (χ2v) is 7.20. The molecule has 1 fully saturated rings. The lowest BCUT2D eigenvalue weighted by molar-refractivity contribution is -0.914. The Morgan fingerprint density at radius 1 is 1.35 bits per heavy atom. The molecule has 4 rings (SSSR count). The fraction of sp³-hybridized carbons (Fsp3) is 0.500. The average Bonchev–Trinajstić information content (AvgIpc) is 3.38. The second-order valence-electron chi connectivity index (χ2n) is 7.20. The predicted octanol–water partition coefficient (Wildman–Crippen LogP) is 1.14. The highest BCUT2D eigenvalue weighted by molar-refractivity contribution is 5.62. The van der Waals surface area contributed by atoms with Crippen molar-refractivity contribution in [1.29, 1.82) is 5.26 Å². The van der Waals surface area contributed by atoms with Gasteiger partial charge in [-0.1, -0.05) is 0 Å². The Bertz CT molecular complexity index is 803. The van der Waals surface area contributed by atoms with Crippen molar-refractivity contribution < 1.29 is 14.3 Å². The van der Waals surface area contributed by atoms with Gasteiger partial charge in [-0.05, 0) is 37.5 Å². The number of quaternary nitrogens is 1. The van der Waals surface area contributed by atoms with E-state index in [1.54, 1.807) is 11.2 Å². The van der Waals surface area contributed by atoms with Crippen LogP contribution in [0.1, 0.15) is 42.2 Å². The summed E-state index contributed by atoms with van der Waals surface area (Å²) in [4.78, 5) is 7.47. The van der Waals surface area contributed by atoms with E-state index in [4.69, 9.17) is 4.42 Å². The number of H-pyrrole nitrogens is 1. The molecule has 0 spiro atoms. The first-order valence-electron chi connectivity index (χ1n) is 9.66. The number of anilines is 2. The molecule has 2 aromatic heterocycles. The van der Waals surface area contributed by atoms with Crippen molar-refractivity contribution in [2.45, 2.75) is 39.3 Å². The third-order valence-corrected chi connectivity index (χ3v) is 5.66. The lowest BCUT2D eigenvalue weighted by Gasteiger charge is -2.27. The summed E-state index contributed by atoms with van der Waals surface area (Å²) >= 11 is 0. The van der Waals surface area contributed by atoms with Crippen LogP contribution in [0.3, 0.4) is 0 Å². The Morgan fingerprint density at radius 3 is 2.88 bits per heavy atom. The second kappa shape index (κ2) is 7.38. The smallest absolute Gasteiger partial charge is 0.240 e. The number of nitrogens with one attached hydrogen (secondary N) is 3. The van der Waals surface area contributed by atoms with Gasteiger partial charge >= 0.3 is 0 Å². The van der Waals surface area contributed by atoms with Crippen LogP contribution in [0.5, 0.6) is 0 Å². The summed E-state index contributed by atoms with van der Waals surface area (Å²) in [7, 11) is 0. The maximum absolute atomic E-state index is 9.89. The van der Waals surface area contributed by atoms with Crippen LogP contribution in [0.2, 0.25) is 0 Å². The van der Waals surface area contributed by atoms with E-state index in [1.807, 2.05) is 12.1 Å². The summed E-state index contributed by atoms with van der Waals surface area (Å²) < 4.78 is 5.47. The Hall–Kier alpha value is -2.52. The molecule has 26 heavy (non-hydrogen) atoms. The lowest BCUT2D eigenvalue weighted by Crippen LogP contribution is -3.11. The van der Waals surface area contributed by atoms with E-state index in [0.29, 0.717) is 6.54 Å². The molecule has 6 nitrogen and oxygen atoms in total. The number of pyridine rings is 1. The molecule has 1 atom stereocenters. The van der Waals surface area contributed by atoms with Gasteiger partial charge in [-0.15, -0.1) is 0 Å². The Morgan fingerprint density at radius 2 is 2.19 bits per heavy atom. The van der Waals surface area contributed by atoms with Crippen molar-refractivity contribution in [2.24, 2.45) is 0 Å². The Kier molecular flexibility index (Phi) is 4.81. The van der Waals surface area contributed by atoms with Crippen LogP contribution >= 0.6 is 0 Å². The standard InChI is InChI=1S/C20H25N5O/c1-2-24-10-7-16-17(12-21)20(25-8-3-4-9-25)23-19(18(16)14-24)22-13-15-6-5-11-26-15/h5-6,11H,2-4,7-10,13-14H2,1H3,(H,22,23)/p+2. The quantitative estimate of drug-likeness (QED) is 0.846. The van der Waals surface area contributed by atoms with Gasteiger partial charge in [0.15, 0.2) is 0 Å². The zero-order valence-electron chi connectivity index (χ0n) is 15.4. The number of aromatic nitrogens is 1.